The van der Waals surface area contributed by atoms with E-state index in [1.165, 1.54) is 17.0 Å². The minimum Gasteiger partial charge on any atom is -0.347 e. The molecular formula is C13H20N6. The van der Waals surface area contributed by atoms with E-state index < -0.39 is 0 Å². The van der Waals surface area contributed by atoms with E-state index in [0.29, 0.717) is 6.04 Å². The number of likely N-dealkylation sites (N-methyl/N-ethyl adjacent to an activating group) is 1. The van der Waals surface area contributed by atoms with Crippen molar-refractivity contribution in [1.82, 2.24) is 30.0 Å². The van der Waals surface area contributed by atoms with Crippen molar-refractivity contribution in [2.24, 2.45) is 7.05 Å². The summed E-state index contributed by atoms with van der Waals surface area (Å²) in [5.41, 5.74) is 3.69. The highest BCUT2D eigenvalue weighted by Gasteiger charge is 2.21. The number of imidazole rings is 1. The molecular weight excluding hydrogens is 240 g/mol. The molecule has 19 heavy (non-hydrogen) atoms. The van der Waals surface area contributed by atoms with E-state index in [4.69, 9.17) is 0 Å². The lowest BCUT2D eigenvalue weighted by atomic mass is 10.1. The molecule has 2 aromatic heterocycles. The molecule has 3 rings (SSSR count). The van der Waals surface area contributed by atoms with Crippen LogP contribution in [0.1, 0.15) is 17.0 Å². The van der Waals surface area contributed by atoms with Crippen molar-refractivity contribution in [3.63, 3.8) is 0 Å². The number of aromatic amines is 1. The second kappa shape index (κ2) is 5.14. The van der Waals surface area contributed by atoms with Crippen molar-refractivity contribution in [2.75, 3.05) is 13.6 Å². The first kappa shape index (κ1) is 12.4. The van der Waals surface area contributed by atoms with Gasteiger partial charge in [0.25, 0.3) is 0 Å². The molecule has 0 amide bonds. The Labute approximate surface area is 112 Å². The topological polar surface area (TPSA) is 61.8 Å². The third-order valence-corrected chi connectivity index (χ3v) is 3.56. The Hall–Kier alpha value is -1.66. The number of fused-ring (bicyclic) bond motifs is 1. The summed E-state index contributed by atoms with van der Waals surface area (Å²) in [5.74, 6) is 0. The highest BCUT2D eigenvalue weighted by Crippen LogP contribution is 2.13. The lowest BCUT2D eigenvalue weighted by molar-refractivity contribution is 0.272. The van der Waals surface area contributed by atoms with Crippen LogP contribution in [0.3, 0.4) is 0 Å². The smallest absolute Gasteiger partial charge is 0.0925 e. The van der Waals surface area contributed by atoms with Crippen LogP contribution in [0.5, 0.6) is 0 Å². The average molecular weight is 260 g/mol. The lowest BCUT2D eigenvalue weighted by Gasteiger charge is -2.27. The highest BCUT2D eigenvalue weighted by molar-refractivity contribution is 5.16. The van der Waals surface area contributed by atoms with Crippen LogP contribution in [0.15, 0.2) is 18.7 Å². The maximum absolute atomic E-state index is 4.37. The number of H-pyrrole nitrogens is 1. The maximum Gasteiger partial charge on any atom is 0.0925 e. The fourth-order valence-electron chi connectivity index (χ4n) is 2.67. The van der Waals surface area contributed by atoms with Crippen LogP contribution in [-0.4, -0.2) is 44.3 Å². The second-order valence-electron chi connectivity index (χ2n) is 5.33. The van der Waals surface area contributed by atoms with Crippen LogP contribution < -0.4 is 5.32 Å². The van der Waals surface area contributed by atoms with Gasteiger partial charge in [0.2, 0.25) is 0 Å². The molecule has 0 saturated heterocycles. The van der Waals surface area contributed by atoms with Gasteiger partial charge in [-0.2, -0.15) is 5.10 Å². The Morgan fingerprint density at radius 1 is 1.53 bits per heavy atom. The first-order valence-corrected chi connectivity index (χ1v) is 6.61. The number of rotatable bonds is 4. The summed E-state index contributed by atoms with van der Waals surface area (Å²) in [6, 6.07) is 0.470. The molecule has 0 aromatic carbocycles. The van der Waals surface area contributed by atoms with Gasteiger partial charge in [-0.05, 0) is 7.05 Å². The molecule has 0 fully saturated rings. The normalized spacial score (nSPS) is 18.8. The van der Waals surface area contributed by atoms with E-state index in [1.807, 2.05) is 17.9 Å². The zero-order valence-corrected chi connectivity index (χ0v) is 11.4. The monoisotopic (exact) mass is 260 g/mol. The highest BCUT2D eigenvalue weighted by atomic mass is 15.2. The first-order valence-electron chi connectivity index (χ1n) is 6.61. The molecule has 2 N–H and O–H groups in total. The molecule has 0 radical (unpaired) electrons. The Balaban J connectivity index is 1.54. The van der Waals surface area contributed by atoms with E-state index in [9.17, 15) is 0 Å². The van der Waals surface area contributed by atoms with Crippen molar-refractivity contribution < 1.29 is 0 Å². The third kappa shape index (κ3) is 2.85. The van der Waals surface area contributed by atoms with Crippen molar-refractivity contribution in [3.8, 4) is 0 Å². The molecule has 1 aliphatic heterocycles. The Bertz CT molecular complexity index is 543. The van der Waals surface area contributed by atoms with Crippen LogP contribution >= 0.6 is 0 Å². The second-order valence-corrected chi connectivity index (χ2v) is 5.33. The summed E-state index contributed by atoms with van der Waals surface area (Å²) in [5, 5.41) is 7.75. The van der Waals surface area contributed by atoms with Gasteiger partial charge in [-0.3, -0.25) is 4.68 Å². The summed E-state index contributed by atoms with van der Waals surface area (Å²) < 4.78 is 1.85. The summed E-state index contributed by atoms with van der Waals surface area (Å²) in [4.78, 5) is 9.88. The third-order valence-electron chi connectivity index (χ3n) is 3.56. The minimum atomic E-state index is 0.470. The van der Waals surface area contributed by atoms with Gasteiger partial charge in [-0.15, -0.1) is 0 Å². The van der Waals surface area contributed by atoms with Crippen LogP contribution in [0.4, 0.5) is 0 Å². The molecule has 102 valence electrons. The number of aromatic nitrogens is 4. The van der Waals surface area contributed by atoms with E-state index in [0.717, 1.165) is 26.1 Å². The van der Waals surface area contributed by atoms with Crippen LogP contribution in [0, 0.1) is 0 Å². The lowest BCUT2D eigenvalue weighted by Crippen LogP contribution is -2.43. The molecule has 0 spiro atoms. The predicted molar refractivity (Wildman–Crippen MR) is 72.5 cm³/mol. The van der Waals surface area contributed by atoms with Gasteiger partial charge in [0.15, 0.2) is 0 Å². The van der Waals surface area contributed by atoms with Crippen LogP contribution in [0.2, 0.25) is 0 Å². The van der Waals surface area contributed by atoms with Crippen molar-refractivity contribution >= 4 is 0 Å². The Morgan fingerprint density at radius 2 is 2.42 bits per heavy atom. The zero-order chi connectivity index (χ0) is 13.2. The summed E-state index contributed by atoms with van der Waals surface area (Å²) in [6.45, 7) is 2.83. The summed E-state index contributed by atoms with van der Waals surface area (Å²) >= 11 is 0. The van der Waals surface area contributed by atoms with E-state index >= 15 is 0 Å². The molecule has 1 aliphatic rings. The molecule has 6 heteroatoms. The van der Waals surface area contributed by atoms with Gasteiger partial charge in [-0.25, -0.2) is 4.98 Å². The van der Waals surface area contributed by atoms with E-state index in [-0.39, 0.29) is 0 Å². The van der Waals surface area contributed by atoms with Gasteiger partial charge in [0.1, 0.15) is 0 Å². The van der Waals surface area contributed by atoms with Gasteiger partial charge < -0.3 is 15.2 Å². The predicted octanol–water partition coefficient (Wildman–Crippen LogP) is 0.289. The van der Waals surface area contributed by atoms with Gasteiger partial charge in [-0.1, -0.05) is 0 Å². The number of nitrogens with one attached hydrogen (secondary N) is 2. The molecule has 1 unspecified atom stereocenters. The van der Waals surface area contributed by atoms with Gasteiger partial charge >= 0.3 is 0 Å². The van der Waals surface area contributed by atoms with Crippen molar-refractivity contribution in [2.45, 2.75) is 25.6 Å². The molecule has 1 atom stereocenters. The Morgan fingerprint density at radius 3 is 3.21 bits per heavy atom. The van der Waals surface area contributed by atoms with Crippen LogP contribution in [-0.2, 0) is 26.6 Å². The zero-order valence-electron chi connectivity index (χ0n) is 11.4. The number of nitrogens with zero attached hydrogens (tertiary/aromatic N) is 4. The summed E-state index contributed by atoms with van der Waals surface area (Å²) in [6.07, 6.45) is 6.78. The standard InChI is InChI=1S/C13H20N6/c1-18(6-10-4-17-19(2)7-10)8-11-3-12-13(5-14-11)16-9-15-12/h4,7,9,11,14H,3,5-6,8H2,1-2H3,(H,15,16). The SMILES string of the molecule is CN(Cc1cnn(C)c1)CC1Cc2nc[nH]c2CN1. The molecule has 2 aromatic rings. The van der Waals surface area contributed by atoms with Crippen LogP contribution in [0.25, 0.3) is 0 Å². The fourth-order valence-corrected chi connectivity index (χ4v) is 2.67. The Kier molecular flexibility index (Phi) is 3.35. The van der Waals surface area contributed by atoms with E-state index in [2.05, 4.69) is 38.5 Å². The summed E-state index contributed by atoms with van der Waals surface area (Å²) in [7, 11) is 4.10. The number of aryl methyl sites for hydroxylation is 1. The van der Waals surface area contributed by atoms with Crippen molar-refractivity contribution in [3.05, 3.63) is 35.7 Å². The first-order chi connectivity index (χ1) is 9.20. The number of hydrogen-bond donors (Lipinski definition) is 2. The van der Waals surface area contributed by atoms with Gasteiger partial charge in [0.05, 0.1) is 23.9 Å². The molecule has 0 saturated carbocycles. The van der Waals surface area contributed by atoms with Crippen molar-refractivity contribution in [1.29, 1.82) is 0 Å². The molecule has 0 bridgehead atoms. The maximum atomic E-state index is 4.37. The largest absolute Gasteiger partial charge is 0.347 e. The van der Waals surface area contributed by atoms with Gasteiger partial charge in [0, 0.05) is 50.9 Å². The average Bonchev–Trinajstić information content (AvgIpc) is 2.97. The minimum absolute atomic E-state index is 0.470. The fraction of sp³-hybridized carbons (Fsp3) is 0.538. The molecule has 3 heterocycles. The quantitative estimate of drug-likeness (QED) is 0.829. The molecule has 0 aliphatic carbocycles. The van der Waals surface area contributed by atoms with E-state index in [1.54, 1.807) is 6.33 Å². The number of hydrogen-bond acceptors (Lipinski definition) is 4. The molecule has 6 nitrogen and oxygen atoms in total.